The van der Waals surface area contributed by atoms with Crippen molar-refractivity contribution in [1.29, 1.82) is 0 Å². The zero-order valence-electron chi connectivity index (χ0n) is 5.45. The molecule has 2 N–H and O–H groups in total. The number of hydrogen-bond donors (Lipinski definition) is 2. The van der Waals surface area contributed by atoms with Gasteiger partial charge in [0.05, 0.1) is 12.2 Å². The van der Waals surface area contributed by atoms with Crippen molar-refractivity contribution < 1.29 is 14.9 Å². The molecule has 0 aromatic rings. The molecule has 0 amide bonds. The maximum absolute atomic E-state index is 9.07. The van der Waals surface area contributed by atoms with Crippen LogP contribution in [0.1, 0.15) is 13.3 Å². The predicted octanol–water partition coefficient (Wildman–Crippen LogP) is -0.483. The van der Waals surface area contributed by atoms with Crippen LogP contribution in [0.5, 0.6) is 0 Å². The van der Waals surface area contributed by atoms with Gasteiger partial charge < -0.3 is 14.9 Å². The zero-order chi connectivity index (χ0) is 6.85. The molecule has 1 rings (SSSR count). The van der Waals surface area contributed by atoms with E-state index in [1.165, 1.54) is 0 Å². The molecule has 0 radical (unpaired) electrons. The third-order valence-corrected chi connectivity index (χ3v) is 1.56. The quantitative estimate of drug-likeness (QED) is 0.510. The van der Waals surface area contributed by atoms with Gasteiger partial charge in [-0.15, -0.1) is 0 Å². The fourth-order valence-electron chi connectivity index (χ4n) is 0.903. The number of ether oxygens (including phenoxy) is 1. The molecule has 0 aromatic heterocycles. The van der Waals surface area contributed by atoms with Crippen molar-refractivity contribution in [2.75, 3.05) is 6.61 Å². The van der Waals surface area contributed by atoms with Crippen molar-refractivity contribution >= 4 is 0 Å². The van der Waals surface area contributed by atoms with Gasteiger partial charge in [0.1, 0.15) is 6.10 Å². The first-order valence-electron chi connectivity index (χ1n) is 3.20. The van der Waals surface area contributed by atoms with Crippen LogP contribution in [0.4, 0.5) is 0 Å². The van der Waals surface area contributed by atoms with Crippen LogP contribution in [0.3, 0.4) is 0 Å². The molecule has 1 aliphatic rings. The summed E-state index contributed by atoms with van der Waals surface area (Å²) >= 11 is 0. The van der Waals surface area contributed by atoms with E-state index >= 15 is 0 Å². The molecule has 0 bridgehead atoms. The van der Waals surface area contributed by atoms with Gasteiger partial charge in [-0.3, -0.25) is 0 Å². The molecule has 0 aromatic carbocycles. The first-order chi connectivity index (χ1) is 4.25. The summed E-state index contributed by atoms with van der Waals surface area (Å²) in [5.74, 6) is 0. The second-order valence-electron chi connectivity index (χ2n) is 2.39. The van der Waals surface area contributed by atoms with E-state index in [0.29, 0.717) is 6.42 Å². The topological polar surface area (TPSA) is 53.0 Å². The lowest BCUT2D eigenvalue weighted by Gasteiger charge is -2.02. The van der Waals surface area contributed by atoms with Gasteiger partial charge in [0.2, 0.25) is 0 Å². The average Bonchev–Trinajstić information content (AvgIpc) is 2.47. The normalized spacial score (nSPS) is 36.3. The Hall–Kier alpha value is -0.120. The van der Waals surface area contributed by atoms with Gasteiger partial charge in [-0.25, -0.2) is 0 Å². The number of aliphatic hydroxyl groups is 2. The molecule has 9 heavy (non-hydrogen) atoms. The van der Waals surface area contributed by atoms with Gasteiger partial charge in [0.15, 0.2) is 0 Å². The summed E-state index contributed by atoms with van der Waals surface area (Å²) in [4.78, 5) is 0. The van der Waals surface area contributed by atoms with E-state index in [-0.39, 0.29) is 18.8 Å². The van der Waals surface area contributed by atoms with Crippen LogP contribution in [-0.4, -0.2) is 35.1 Å². The SMILES string of the molecule is C[C@@H]1O[C@@H]1[C@H](O)CCO. The lowest BCUT2D eigenvalue weighted by molar-refractivity contribution is 0.103. The lowest BCUT2D eigenvalue weighted by Crippen LogP contribution is -2.17. The molecule has 1 fully saturated rings. The molecule has 1 aliphatic heterocycles. The van der Waals surface area contributed by atoms with Gasteiger partial charge in [0, 0.05) is 6.61 Å². The van der Waals surface area contributed by atoms with E-state index in [4.69, 9.17) is 14.9 Å². The molecular weight excluding hydrogens is 120 g/mol. The van der Waals surface area contributed by atoms with Gasteiger partial charge in [-0.2, -0.15) is 0 Å². The van der Waals surface area contributed by atoms with Crippen LogP contribution < -0.4 is 0 Å². The van der Waals surface area contributed by atoms with Crippen LogP contribution in [0.15, 0.2) is 0 Å². The Morgan fingerprint density at radius 2 is 2.22 bits per heavy atom. The van der Waals surface area contributed by atoms with Crippen LogP contribution in [0, 0.1) is 0 Å². The van der Waals surface area contributed by atoms with Gasteiger partial charge in [0.25, 0.3) is 0 Å². The smallest absolute Gasteiger partial charge is 0.110 e. The van der Waals surface area contributed by atoms with Crippen molar-refractivity contribution in [3.8, 4) is 0 Å². The van der Waals surface area contributed by atoms with E-state index in [9.17, 15) is 0 Å². The maximum Gasteiger partial charge on any atom is 0.110 e. The molecule has 0 saturated carbocycles. The molecule has 3 heteroatoms. The second-order valence-corrected chi connectivity index (χ2v) is 2.39. The number of epoxide rings is 1. The van der Waals surface area contributed by atoms with Crippen LogP contribution in [0.25, 0.3) is 0 Å². The molecule has 0 spiro atoms. The summed E-state index contributed by atoms with van der Waals surface area (Å²) in [5.41, 5.74) is 0. The van der Waals surface area contributed by atoms with Crippen molar-refractivity contribution in [3.63, 3.8) is 0 Å². The minimum atomic E-state index is -0.468. The molecule has 3 atom stereocenters. The molecule has 1 saturated heterocycles. The van der Waals surface area contributed by atoms with Gasteiger partial charge in [-0.1, -0.05) is 0 Å². The first-order valence-corrected chi connectivity index (χ1v) is 3.20. The van der Waals surface area contributed by atoms with Crippen LogP contribution in [0.2, 0.25) is 0 Å². The van der Waals surface area contributed by atoms with Gasteiger partial charge in [-0.05, 0) is 13.3 Å². The Bertz CT molecular complexity index is 94.3. The van der Waals surface area contributed by atoms with Crippen molar-refractivity contribution in [3.05, 3.63) is 0 Å². The van der Waals surface area contributed by atoms with Crippen LogP contribution in [-0.2, 0) is 4.74 Å². The summed E-state index contributed by atoms with van der Waals surface area (Å²) in [6, 6.07) is 0. The first kappa shape index (κ1) is 6.99. The third kappa shape index (κ3) is 1.64. The molecule has 54 valence electrons. The van der Waals surface area contributed by atoms with E-state index < -0.39 is 6.10 Å². The minimum absolute atomic E-state index is 0.0165. The summed E-state index contributed by atoms with van der Waals surface area (Å²) in [7, 11) is 0. The minimum Gasteiger partial charge on any atom is -0.396 e. The highest BCUT2D eigenvalue weighted by atomic mass is 16.6. The van der Waals surface area contributed by atoms with E-state index in [1.54, 1.807) is 0 Å². The monoisotopic (exact) mass is 132 g/mol. The van der Waals surface area contributed by atoms with E-state index in [0.717, 1.165) is 0 Å². The second kappa shape index (κ2) is 2.64. The Kier molecular flexibility index (Phi) is 2.05. The highest BCUT2D eigenvalue weighted by molar-refractivity contribution is 4.86. The Morgan fingerprint density at radius 3 is 2.56 bits per heavy atom. The van der Waals surface area contributed by atoms with E-state index in [2.05, 4.69) is 0 Å². The third-order valence-electron chi connectivity index (χ3n) is 1.56. The predicted molar refractivity (Wildman–Crippen MR) is 32.0 cm³/mol. The molecule has 3 nitrogen and oxygen atoms in total. The Balaban J connectivity index is 2.11. The number of aliphatic hydroxyl groups excluding tert-OH is 2. The van der Waals surface area contributed by atoms with Crippen LogP contribution >= 0.6 is 0 Å². The Morgan fingerprint density at radius 1 is 1.67 bits per heavy atom. The fraction of sp³-hybridized carbons (Fsp3) is 1.00. The molecule has 1 heterocycles. The lowest BCUT2D eigenvalue weighted by atomic mass is 10.1. The summed E-state index contributed by atoms with van der Waals surface area (Å²) in [6.07, 6.45) is 0.128. The molecule has 0 unspecified atom stereocenters. The maximum atomic E-state index is 9.07. The van der Waals surface area contributed by atoms with Crippen molar-refractivity contribution in [2.45, 2.75) is 31.7 Å². The highest BCUT2D eigenvalue weighted by Gasteiger charge is 2.39. The molecular formula is C6H12O3. The summed E-state index contributed by atoms with van der Waals surface area (Å²) < 4.78 is 4.97. The Labute approximate surface area is 54.3 Å². The summed E-state index contributed by atoms with van der Waals surface area (Å²) in [6.45, 7) is 1.94. The fourth-order valence-corrected chi connectivity index (χ4v) is 0.903. The van der Waals surface area contributed by atoms with Crippen molar-refractivity contribution in [1.82, 2.24) is 0 Å². The standard InChI is InChI=1S/C6H12O3/c1-4-6(9-4)5(8)2-3-7/h4-8H,2-3H2,1H3/t4-,5+,6-/m0/s1. The zero-order valence-corrected chi connectivity index (χ0v) is 5.45. The number of hydrogen-bond acceptors (Lipinski definition) is 3. The average molecular weight is 132 g/mol. The summed E-state index contributed by atoms with van der Waals surface area (Å²) in [5, 5.41) is 17.5. The highest BCUT2D eigenvalue weighted by Crippen LogP contribution is 2.25. The largest absolute Gasteiger partial charge is 0.396 e. The van der Waals surface area contributed by atoms with Crippen molar-refractivity contribution in [2.24, 2.45) is 0 Å². The van der Waals surface area contributed by atoms with E-state index in [1.807, 2.05) is 6.92 Å². The molecule has 0 aliphatic carbocycles. The number of rotatable bonds is 3. The van der Waals surface area contributed by atoms with Gasteiger partial charge >= 0.3 is 0 Å².